The summed E-state index contributed by atoms with van der Waals surface area (Å²) < 4.78 is 5.81. The van der Waals surface area contributed by atoms with E-state index >= 15 is 0 Å². The smallest absolute Gasteiger partial charge is 0.269 e. The van der Waals surface area contributed by atoms with Crippen LogP contribution in [0.5, 0.6) is 11.5 Å². The molecule has 0 aliphatic heterocycles. The molecular weight excluding hydrogens is 344 g/mol. The molecule has 134 valence electrons. The highest BCUT2D eigenvalue weighted by Gasteiger charge is 2.07. The van der Waals surface area contributed by atoms with E-state index in [1.165, 1.54) is 18.2 Å². The van der Waals surface area contributed by atoms with Gasteiger partial charge < -0.3 is 10.1 Å². The standard InChI is InChI=1S/C21H16N2O4/c24-21(15-12-16-10-13-17(14-11-16)23(25)26)22-19-8-4-5-9-20(19)27-18-6-2-1-3-7-18/h1-15H,(H,22,24)/b15-12+. The lowest BCUT2D eigenvalue weighted by Crippen LogP contribution is -2.08. The predicted octanol–water partition coefficient (Wildman–Crippen LogP) is 5.04. The number of rotatable bonds is 6. The number of nitrogens with one attached hydrogen (secondary N) is 1. The van der Waals surface area contributed by atoms with Crippen LogP contribution in [0, 0.1) is 10.1 Å². The SMILES string of the molecule is O=C(/C=C/c1ccc([N+](=O)[O-])cc1)Nc1ccccc1Oc1ccccc1. The number of nitrogens with zero attached hydrogens (tertiary/aromatic N) is 1. The molecule has 6 heteroatoms. The van der Waals surface area contributed by atoms with Gasteiger partial charge in [0.1, 0.15) is 5.75 Å². The van der Waals surface area contributed by atoms with Gasteiger partial charge in [0.2, 0.25) is 5.91 Å². The molecule has 27 heavy (non-hydrogen) atoms. The first kappa shape index (κ1) is 17.9. The van der Waals surface area contributed by atoms with Crippen LogP contribution < -0.4 is 10.1 Å². The van der Waals surface area contributed by atoms with Crippen molar-refractivity contribution in [2.24, 2.45) is 0 Å². The van der Waals surface area contributed by atoms with Gasteiger partial charge in [0.15, 0.2) is 5.75 Å². The number of non-ortho nitro benzene ring substituents is 1. The minimum Gasteiger partial charge on any atom is -0.455 e. The lowest BCUT2D eigenvalue weighted by Gasteiger charge is -2.11. The Morgan fingerprint density at radius 1 is 0.926 bits per heavy atom. The first-order valence-corrected chi connectivity index (χ1v) is 8.17. The molecule has 0 bridgehead atoms. The van der Waals surface area contributed by atoms with E-state index < -0.39 is 4.92 Å². The van der Waals surface area contributed by atoms with E-state index in [-0.39, 0.29) is 11.6 Å². The molecule has 0 heterocycles. The number of nitro groups is 1. The second kappa shape index (κ2) is 8.44. The zero-order valence-electron chi connectivity index (χ0n) is 14.2. The Kier molecular flexibility index (Phi) is 5.59. The van der Waals surface area contributed by atoms with Gasteiger partial charge in [-0.05, 0) is 48.0 Å². The van der Waals surface area contributed by atoms with Crippen molar-refractivity contribution in [3.8, 4) is 11.5 Å². The number of hydrogen-bond donors (Lipinski definition) is 1. The summed E-state index contributed by atoms with van der Waals surface area (Å²) in [6.07, 6.45) is 2.94. The topological polar surface area (TPSA) is 81.5 Å². The van der Waals surface area contributed by atoms with Gasteiger partial charge in [-0.25, -0.2) is 0 Å². The number of ether oxygens (including phenoxy) is 1. The highest BCUT2D eigenvalue weighted by atomic mass is 16.6. The number of carbonyl (C=O) groups is 1. The van der Waals surface area contributed by atoms with Crippen LogP contribution in [-0.2, 0) is 4.79 Å². The van der Waals surface area contributed by atoms with Crippen LogP contribution >= 0.6 is 0 Å². The van der Waals surface area contributed by atoms with E-state index in [1.807, 2.05) is 36.4 Å². The zero-order chi connectivity index (χ0) is 19.1. The van der Waals surface area contributed by atoms with Gasteiger partial charge in [0.05, 0.1) is 10.6 Å². The van der Waals surface area contributed by atoms with Crippen LogP contribution in [0.25, 0.3) is 6.08 Å². The summed E-state index contributed by atoms with van der Waals surface area (Å²) in [6, 6.07) is 22.3. The number of anilines is 1. The molecular formula is C21H16N2O4. The van der Waals surface area contributed by atoms with E-state index in [2.05, 4.69) is 5.32 Å². The molecule has 0 aliphatic carbocycles. The first-order chi connectivity index (χ1) is 13.1. The minimum absolute atomic E-state index is 0.00332. The monoisotopic (exact) mass is 360 g/mol. The molecule has 0 spiro atoms. The van der Waals surface area contributed by atoms with Crippen molar-refractivity contribution in [2.45, 2.75) is 0 Å². The van der Waals surface area contributed by atoms with Crippen LogP contribution in [-0.4, -0.2) is 10.8 Å². The van der Waals surface area contributed by atoms with E-state index in [0.717, 1.165) is 0 Å². The molecule has 3 rings (SSSR count). The Bertz CT molecular complexity index is 967. The highest BCUT2D eigenvalue weighted by Crippen LogP contribution is 2.29. The van der Waals surface area contributed by atoms with Gasteiger partial charge in [-0.2, -0.15) is 0 Å². The molecule has 0 fully saturated rings. The fourth-order valence-electron chi connectivity index (χ4n) is 2.33. The molecule has 1 amide bonds. The van der Waals surface area contributed by atoms with Crippen LogP contribution in [0.2, 0.25) is 0 Å². The highest BCUT2D eigenvalue weighted by molar-refractivity contribution is 6.02. The molecule has 0 saturated carbocycles. The fourth-order valence-corrected chi connectivity index (χ4v) is 2.33. The van der Waals surface area contributed by atoms with E-state index in [9.17, 15) is 14.9 Å². The van der Waals surface area contributed by atoms with Crippen molar-refractivity contribution < 1.29 is 14.5 Å². The predicted molar refractivity (Wildman–Crippen MR) is 104 cm³/mol. The van der Waals surface area contributed by atoms with Gasteiger partial charge in [-0.15, -0.1) is 0 Å². The van der Waals surface area contributed by atoms with Crippen molar-refractivity contribution in [3.63, 3.8) is 0 Å². The second-order valence-corrected chi connectivity index (χ2v) is 5.58. The third-order valence-corrected chi connectivity index (χ3v) is 3.65. The average molecular weight is 360 g/mol. The molecule has 3 aromatic carbocycles. The maximum Gasteiger partial charge on any atom is 0.269 e. The third kappa shape index (κ3) is 5.02. The van der Waals surface area contributed by atoms with Crippen molar-refractivity contribution in [1.29, 1.82) is 0 Å². The second-order valence-electron chi connectivity index (χ2n) is 5.58. The molecule has 1 N–H and O–H groups in total. The summed E-state index contributed by atoms with van der Waals surface area (Å²) in [4.78, 5) is 22.4. The number of amides is 1. The van der Waals surface area contributed by atoms with E-state index in [1.54, 1.807) is 36.4 Å². The largest absolute Gasteiger partial charge is 0.455 e. The molecule has 0 atom stereocenters. The van der Waals surface area contributed by atoms with Crippen molar-refractivity contribution in [2.75, 3.05) is 5.32 Å². The van der Waals surface area contributed by atoms with Crippen LogP contribution in [0.3, 0.4) is 0 Å². The summed E-state index contributed by atoms with van der Waals surface area (Å²) >= 11 is 0. The number of para-hydroxylation sites is 3. The van der Waals surface area contributed by atoms with E-state index in [4.69, 9.17) is 4.74 Å². The Labute approximate surface area is 155 Å². The third-order valence-electron chi connectivity index (χ3n) is 3.65. The normalized spacial score (nSPS) is 10.5. The number of benzene rings is 3. The number of hydrogen-bond acceptors (Lipinski definition) is 4. The Morgan fingerprint density at radius 3 is 2.30 bits per heavy atom. The zero-order valence-corrected chi connectivity index (χ0v) is 14.2. The molecule has 0 saturated heterocycles. The summed E-state index contributed by atoms with van der Waals surface area (Å²) in [5.41, 5.74) is 1.23. The Balaban J connectivity index is 1.68. The van der Waals surface area contributed by atoms with Gasteiger partial charge >= 0.3 is 0 Å². The number of nitro benzene ring substituents is 1. The van der Waals surface area contributed by atoms with Gasteiger partial charge in [-0.1, -0.05) is 30.3 Å². The molecule has 0 aromatic heterocycles. The quantitative estimate of drug-likeness (QED) is 0.379. The molecule has 6 nitrogen and oxygen atoms in total. The fraction of sp³-hybridized carbons (Fsp3) is 0. The maximum absolute atomic E-state index is 12.2. The minimum atomic E-state index is -0.468. The van der Waals surface area contributed by atoms with E-state index in [0.29, 0.717) is 22.7 Å². The van der Waals surface area contributed by atoms with Gasteiger partial charge in [0, 0.05) is 18.2 Å². The number of carbonyl (C=O) groups excluding carboxylic acids is 1. The van der Waals surface area contributed by atoms with Crippen molar-refractivity contribution in [3.05, 3.63) is 101 Å². The lowest BCUT2D eigenvalue weighted by molar-refractivity contribution is -0.384. The Hall–Kier alpha value is -3.93. The van der Waals surface area contributed by atoms with Gasteiger partial charge in [-0.3, -0.25) is 14.9 Å². The lowest BCUT2D eigenvalue weighted by atomic mass is 10.2. The molecule has 3 aromatic rings. The van der Waals surface area contributed by atoms with Crippen molar-refractivity contribution in [1.82, 2.24) is 0 Å². The maximum atomic E-state index is 12.2. The van der Waals surface area contributed by atoms with Crippen LogP contribution in [0.15, 0.2) is 84.9 Å². The summed E-state index contributed by atoms with van der Waals surface area (Å²) in [5.74, 6) is 0.860. The summed E-state index contributed by atoms with van der Waals surface area (Å²) in [7, 11) is 0. The molecule has 0 unspecified atom stereocenters. The van der Waals surface area contributed by atoms with Gasteiger partial charge in [0.25, 0.3) is 5.69 Å². The van der Waals surface area contributed by atoms with Crippen molar-refractivity contribution >= 4 is 23.4 Å². The first-order valence-electron chi connectivity index (χ1n) is 8.17. The summed E-state index contributed by atoms with van der Waals surface area (Å²) in [5, 5.41) is 13.4. The average Bonchev–Trinajstić information content (AvgIpc) is 2.69. The van der Waals surface area contributed by atoms with Crippen LogP contribution in [0.4, 0.5) is 11.4 Å². The van der Waals surface area contributed by atoms with Crippen LogP contribution in [0.1, 0.15) is 5.56 Å². The Morgan fingerprint density at radius 2 is 1.59 bits per heavy atom. The summed E-state index contributed by atoms with van der Waals surface area (Å²) in [6.45, 7) is 0. The molecule has 0 aliphatic rings. The molecule has 0 radical (unpaired) electrons.